The van der Waals surface area contributed by atoms with E-state index in [2.05, 4.69) is 20.3 Å². The molecule has 0 aliphatic heterocycles. The Morgan fingerprint density at radius 3 is 3.00 bits per heavy atom. The molecule has 4 aromatic rings. The van der Waals surface area contributed by atoms with Gasteiger partial charge < -0.3 is 4.74 Å². The van der Waals surface area contributed by atoms with Gasteiger partial charge in [-0.15, -0.1) is 16.4 Å². The molecule has 0 radical (unpaired) electrons. The van der Waals surface area contributed by atoms with Gasteiger partial charge in [-0.25, -0.2) is 14.6 Å². The third-order valence-electron chi connectivity index (χ3n) is 3.14. The zero-order valence-electron chi connectivity index (χ0n) is 11.7. The maximum atomic E-state index is 5.94. The van der Waals surface area contributed by atoms with Crippen LogP contribution in [0, 0.1) is 6.92 Å². The van der Waals surface area contributed by atoms with Crippen LogP contribution in [0.3, 0.4) is 0 Å². The summed E-state index contributed by atoms with van der Waals surface area (Å²) < 4.78 is 7.62. The quantitative estimate of drug-likeness (QED) is 0.580. The fraction of sp³-hybridized carbons (Fsp3) is 0.0667. The molecule has 0 bridgehead atoms. The second-order valence-electron chi connectivity index (χ2n) is 4.70. The number of hydrogen-bond donors (Lipinski definition) is 0. The molecule has 108 valence electrons. The third-order valence-corrected chi connectivity index (χ3v) is 4.09. The Kier molecular flexibility index (Phi) is 3.05. The van der Waals surface area contributed by atoms with Crippen molar-refractivity contribution in [1.82, 2.24) is 25.0 Å². The maximum absolute atomic E-state index is 5.94. The predicted octanol–water partition coefficient (Wildman–Crippen LogP) is 3.37. The Bertz CT molecular complexity index is 932. The Morgan fingerprint density at radius 1 is 1.18 bits per heavy atom. The van der Waals surface area contributed by atoms with E-state index in [9.17, 15) is 0 Å². The molecule has 0 amide bonds. The van der Waals surface area contributed by atoms with Crippen LogP contribution >= 0.6 is 11.3 Å². The SMILES string of the molecule is Cc1cc2c(Oc3cccc(-n4ccnn4)c3)ncnc2s1. The number of rotatable bonds is 3. The molecule has 0 saturated heterocycles. The largest absolute Gasteiger partial charge is 0.438 e. The maximum Gasteiger partial charge on any atom is 0.231 e. The van der Waals surface area contributed by atoms with Crippen molar-refractivity contribution in [3.05, 3.63) is 53.9 Å². The van der Waals surface area contributed by atoms with Crippen LogP contribution in [0.1, 0.15) is 4.88 Å². The van der Waals surface area contributed by atoms with Crippen molar-refractivity contribution in [2.75, 3.05) is 0 Å². The van der Waals surface area contributed by atoms with E-state index in [-0.39, 0.29) is 0 Å². The van der Waals surface area contributed by atoms with Crippen molar-refractivity contribution in [2.24, 2.45) is 0 Å². The van der Waals surface area contributed by atoms with Gasteiger partial charge in [0, 0.05) is 10.9 Å². The first-order valence-corrected chi connectivity index (χ1v) is 7.47. The van der Waals surface area contributed by atoms with Crippen LogP contribution in [0.25, 0.3) is 15.9 Å². The third kappa shape index (κ3) is 2.31. The number of aromatic nitrogens is 5. The summed E-state index contributed by atoms with van der Waals surface area (Å²) in [4.78, 5) is 10.6. The summed E-state index contributed by atoms with van der Waals surface area (Å²) >= 11 is 1.62. The summed E-state index contributed by atoms with van der Waals surface area (Å²) in [5.74, 6) is 1.25. The van der Waals surface area contributed by atoms with Crippen LogP contribution in [0.2, 0.25) is 0 Å². The summed E-state index contributed by atoms with van der Waals surface area (Å²) in [6.07, 6.45) is 4.94. The highest BCUT2D eigenvalue weighted by Crippen LogP contribution is 2.32. The van der Waals surface area contributed by atoms with E-state index in [0.29, 0.717) is 11.6 Å². The lowest BCUT2D eigenvalue weighted by Crippen LogP contribution is -1.96. The lowest BCUT2D eigenvalue weighted by Gasteiger charge is -2.07. The minimum Gasteiger partial charge on any atom is -0.438 e. The fourth-order valence-corrected chi connectivity index (χ4v) is 3.02. The summed E-state index contributed by atoms with van der Waals surface area (Å²) in [6.45, 7) is 2.04. The van der Waals surface area contributed by atoms with Gasteiger partial charge in [-0.1, -0.05) is 11.3 Å². The molecule has 7 heteroatoms. The normalized spacial score (nSPS) is 11.0. The molecule has 0 saturated carbocycles. The van der Waals surface area contributed by atoms with Crippen molar-refractivity contribution in [3.63, 3.8) is 0 Å². The van der Waals surface area contributed by atoms with Gasteiger partial charge in [0.05, 0.1) is 23.5 Å². The standard InChI is InChI=1S/C15H11N5OS/c1-10-7-13-14(16-9-17-15(13)22-10)21-12-4-2-3-11(8-12)20-6-5-18-19-20/h2-9H,1H3. The van der Waals surface area contributed by atoms with Gasteiger partial charge in [0.2, 0.25) is 5.88 Å². The first-order chi connectivity index (χ1) is 10.8. The molecular weight excluding hydrogens is 298 g/mol. The average Bonchev–Trinajstić information content (AvgIpc) is 3.16. The molecule has 22 heavy (non-hydrogen) atoms. The van der Waals surface area contributed by atoms with E-state index >= 15 is 0 Å². The molecule has 0 fully saturated rings. The highest BCUT2D eigenvalue weighted by molar-refractivity contribution is 7.18. The summed E-state index contributed by atoms with van der Waals surface area (Å²) in [7, 11) is 0. The van der Waals surface area contributed by atoms with Gasteiger partial charge in [-0.3, -0.25) is 0 Å². The highest BCUT2D eigenvalue weighted by atomic mass is 32.1. The topological polar surface area (TPSA) is 65.7 Å². The second-order valence-corrected chi connectivity index (χ2v) is 5.94. The zero-order chi connectivity index (χ0) is 14.9. The van der Waals surface area contributed by atoms with Gasteiger partial charge in [-0.05, 0) is 25.1 Å². The highest BCUT2D eigenvalue weighted by Gasteiger charge is 2.09. The van der Waals surface area contributed by atoms with E-state index in [1.54, 1.807) is 28.4 Å². The Balaban J connectivity index is 1.72. The van der Waals surface area contributed by atoms with E-state index < -0.39 is 0 Å². The summed E-state index contributed by atoms with van der Waals surface area (Å²) in [5, 5.41) is 8.71. The number of benzene rings is 1. The van der Waals surface area contributed by atoms with Crippen LogP contribution < -0.4 is 4.74 Å². The minimum atomic E-state index is 0.560. The average molecular weight is 309 g/mol. The van der Waals surface area contributed by atoms with Crippen molar-refractivity contribution in [3.8, 4) is 17.3 Å². The van der Waals surface area contributed by atoms with E-state index in [1.165, 1.54) is 11.2 Å². The molecule has 0 spiro atoms. The van der Waals surface area contributed by atoms with Gasteiger partial charge in [-0.2, -0.15) is 0 Å². The Labute approximate surface area is 130 Å². The summed E-state index contributed by atoms with van der Waals surface area (Å²) in [5.41, 5.74) is 0.877. The monoisotopic (exact) mass is 309 g/mol. The zero-order valence-corrected chi connectivity index (χ0v) is 12.5. The number of ether oxygens (including phenoxy) is 1. The van der Waals surface area contributed by atoms with Gasteiger partial charge in [0.15, 0.2) is 0 Å². The first kappa shape index (κ1) is 12.9. The molecule has 3 heterocycles. The van der Waals surface area contributed by atoms with Crippen molar-refractivity contribution in [2.45, 2.75) is 6.92 Å². The lowest BCUT2D eigenvalue weighted by atomic mass is 10.3. The molecule has 4 rings (SSSR count). The van der Waals surface area contributed by atoms with Crippen molar-refractivity contribution >= 4 is 21.6 Å². The van der Waals surface area contributed by atoms with Crippen LogP contribution in [-0.2, 0) is 0 Å². The molecule has 0 aliphatic carbocycles. The van der Waals surface area contributed by atoms with Gasteiger partial charge >= 0.3 is 0 Å². The first-order valence-electron chi connectivity index (χ1n) is 6.65. The van der Waals surface area contributed by atoms with Gasteiger partial charge in [0.1, 0.15) is 16.9 Å². The van der Waals surface area contributed by atoms with E-state index in [4.69, 9.17) is 4.74 Å². The van der Waals surface area contributed by atoms with Gasteiger partial charge in [0.25, 0.3) is 0 Å². The lowest BCUT2D eigenvalue weighted by molar-refractivity contribution is 0.468. The van der Waals surface area contributed by atoms with Crippen LogP contribution in [0.15, 0.2) is 49.1 Å². The summed E-state index contributed by atoms with van der Waals surface area (Å²) in [6, 6.07) is 9.65. The van der Waals surface area contributed by atoms with E-state index in [0.717, 1.165) is 15.9 Å². The molecule has 0 atom stereocenters. The molecule has 0 aliphatic rings. The molecule has 0 unspecified atom stereocenters. The fourth-order valence-electron chi connectivity index (χ4n) is 2.18. The van der Waals surface area contributed by atoms with Crippen LogP contribution in [0.5, 0.6) is 11.6 Å². The second kappa shape index (κ2) is 5.19. The number of aryl methyl sites for hydroxylation is 1. The number of nitrogens with zero attached hydrogens (tertiary/aromatic N) is 5. The number of thiophene rings is 1. The Hall–Kier alpha value is -2.80. The molecular formula is C15H11N5OS. The van der Waals surface area contributed by atoms with Crippen molar-refractivity contribution < 1.29 is 4.74 Å². The molecule has 0 N–H and O–H groups in total. The van der Waals surface area contributed by atoms with Crippen LogP contribution in [-0.4, -0.2) is 25.0 Å². The number of fused-ring (bicyclic) bond motifs is 1. The van der Waals surface area contributed by atoms with Crippen molar-refractivity contribution in [1.29, 1.82) is 0 Å². The predicted molar refractivity (Wildman–Crippen MR) is 83.6 cm³/mol. The molecule has 1 aromatic carbocycles. The molecule has 3 aromatic heterocycles. The number of hydrogen-bond acceptors (Lipinski definition) is 6. The molecule has 6 nitrogen and oxygen atoms in total. The van der Waals surface area contributed by atoms with E-state index in [1.807, 2.05) is 37.3 Å². The Morgan fingerprint density at radius 2 is 2.14 bits per heavy atom. The van der Waals surface area contributed by atoms with Crippen LogP contribution in [0.4, 0.5) is 0 Å². The smallest absolute Gasteiger partial charge is 0.231 e. The minimum absolute atomic E-state index is 0.560.